The summed E-state index contributed by atoms with van der Waals surface area (Å²) >= 11 is 0. The Morgan fingerprint density at radius 3 is 2.42 bits per heavy atom. The minimum absolute atomic E-state index is 0.180. The molecule has 0 radical (unpaired) electrons. The first-order chi connectivity index (χ1) is 5.61. The van der Waals surface area contributed by atoms with Crippen LogP contribution in [-0.4, -0.2) is 11.7 Å². The van der Waals surface area contributed by atoms with Crippen molar-refractivity contribution < 1.29 is 5.11 Å². The van der Waals surface area contributed by atoms with Gasteiger partial charge < -0.3 is 5.11 Å². The number of hydrogen-bond acceptors (Lipinski definition) is 1. The van der Waals surface area contributed by atoms with Gasteiger partial charge in [0.1, 0.15) is 0 Å². The fourth-order valence-electron chi connectivity index (χ4n) is 0.955. The van der Waals surface area contributed by atoms with Gasteiger partial charge in [-0.3, -0.25) is 0 Å². The average Bonchev–Trinajstić information content (AvgIpc) is 2.04. The highest BCUT2D eigenvalue weighted by Crippen LogP contribution is 2.17. The SMILES string of the molecule is C=CC(=C)CCC(CO)C(=C)C. The van der Waals surface area contributed by atoms with E-state index in [0.717, 1.165) is 24.0 Å². The molecule has 0 amide bonds. The van der Waals surface area contributed by atoms with Crippen LogP contribution in [0.3, 0.4) is 0 Å². The molecule has 0 aliphatic rings. The van der Waals surface area contributed by atoms with Gasteiger partial charge in [0.15, 0.2) is 0 Å². The van der Waals surface area contributed by atoms with Gasteiger partial charge in [-0.2, -0.15) is 0 Å². The van der Waals surface area contributed by atoms with Gasteiger partial charge in [0.2, 0.25) is 0 Å². The molecule has 0 aliphatic heterocycles. The molecule has 0 aromatic rings. The van der Waals surface area contributed by atoms with Crippen molar-refractivity contribution in [3.8, 4) is 0 Å². The van der Waals surface area contributed by atoms with Crippen LogP contribution >= 0.6 is 0 Å². The van der Waals surface area contributed by atoms with E-state index >= 15 is 0 Å². The van der Waals surface area contributed by atoms with Crippen molar-refractivity contribution in [3.05, 3.63) is 37.0 Å². The molecular formula is C11H18O. The van der Waals surface area contributed by atoms with Gasteiger partial charge in [0.05, 0.1) is 0 Å². The summed E-state index contributed by atoms with van der Waals surface area (Å²) in [7, 11) is 0. The summed E-state index contributed by atoms with van der Waals surface area (Å²) in [5.41, 5.74) is 2.06. The topological polar surface area (TPSA) is 20.2 Å². The third-order valence-corrected chi connectivity index (χ3v) is 2.02. The average molecular weight is 166 g/mol. The van der Waals surface area contributed by atoms with E-state index < -0.39 is 0 Å². The van der Waals surface area contributed by atoms with Crippen molar-refractivity contribution in [1.29, 1.82) is 0 Å². The predicted octanol–water partition coefficient (Wildman–Crippen LogP) is 2.69. The Bertz CT molecular complexity index is 179. The molecule has 0 saturated heterocycles. The Balaban J connectivity index is 3.80. The second kappa shape index (κ2) is 5.78. The molecule has 1 unspecified atom stereocenters. The van der Waals surface area contributed by atoms with Crippen LogP contribution in [0.25, 0.3) is 0 Å². The fourth-order valence-corrected chi connectivity index (χ4v) is 0.955. The molecule has 0 fully saturated rings. The first-order valence-electron chi connectivity index (χ1n) is 4.18. The molecule has 1 N–H and O–H groups in total. The molecule has 0 saturated carbocycles. The minimum Gasteiger partial charge on any atom is -0.396 e. The summed E-state index contributed by atoms with van der Waals surface area (Å²) < 4.78 is 0. The minimum atomic E-state index is 0.180. The molecule has 1 atom stereocenters. The maximum Gasteiger partial charge on any atom is 0.0496 e. The quantitative estimate of drug-likeness (QED) is 0.475. The monoisotopic (exact) mass is 166 g/mol. The van der Waals surface area contributed by atoms with E-state index in [-0.39, 0.29) is 12.5 Å². The molecule has 0 aliphatic carbocycles. The van der Waals surface area contributed by atoms with E-state index in [9.17, 15) is 0 Å². The van der Waals surface area contributed by atoms with Gasteiger partial charge in [-0.05, 0) is 19.8 Å². The van der Waals surface area contributed by atoms with Gasteiger partial charge in [-0.25, -0.2) is 0 Å². The zero-order valence-electron chi connectivity index (χ0n) is 7.84. The lowest BCUT2D eigenvalue weighted by Crippen LogP contribution is -2.06. The Hall–Kier alpha value is -0.820. The highest BCUT2D eigenvalue weighted by atomic mass is 16.3. The number of aliphatic hydroxyl groups is 1. The third kappa shape index (κ3) is 4.14. The lowest BCUT2D eigenvalue weighted by molar-refractivity contribution is 0.240. The molecular weight excluding hydrogens is 148 g/mol. The lowest BCUT2D eigenvalue weighted by Gasteiger charge is -2.13. The van der Waals surface area contributed by atoms with Crippen molar-refractivity contribution in [2.45, 2.75) is 19.8 Å². The summed E-state index contributed by atoms with van der Waals surface area (Å²) in [6, 6.07) is 0. The maximum absolute atomic E-state index is 8.97. The number of rotatable bonds is 6. The second-order valence-electron chi connectivity index (χ2n) is 3.13. The maximum atomic E-state index is 8.97. The van der Waals surface area contributed by atoms with Crippen molar-refractivity contribution in [2.24, 2.45) is 5.92 Å². The summed E-state index contributed by atoms with van der Waals surface area (Å²) in [6.45, 7) is 13.4. The van der Waals surface area contributed by atoms with Gasteiger partial charge in [-0.15, -0.1) is 0 Å². The number of hydrogen-bond donors (Lipinski definition) is 1. The third-order valence-electron chi connectivity index (χ3n) is 2.02. The van der Waals surface area contributed by atoms with Crippen molar-refractivity contribution >= 4 is 0 Å². The van der Waals surface area contributed by atoms with E-state index in [0.29, 0.717) is 0 Å². The molecule has 0 aromatic heterocycles. The predicted molar refractivity (Wildman–Crippen MR) is 54.0 cm³/mol. The summed E-state index contributed by atoms with van der Waals surface area (Å²) in [5, 5.41) is 8.97. The molecule has 0 rings (SSSR count). The van der Waals surface area contributed by atoms with Crippen molar-refractivity contribution in [1.82, 2.24) is 0 Å². The molecule has 0 heterocycles. The van der Waals surface area contributed by atoms with Crippen LogP contribution in [0.4, 0.5) is 0 Å². The van der Waals surface area contributed by atoms with Crippen LogP contribution in [0.15, 0.2) is 37.0 Å². The Kier molecular flexibility index (Phi) is 5.39. The fraction of sp³-hybridized carbons (Fsp3) is 0.455. The number of aliphatic hydroxyl groups excluding tert-OH is 1. The largest absolute Gasteiger partial charge is 0.396 e. The second-order valence-corrected chi connectivity index (χ2v) is 3.13. The van der Waals surface area contributed by atoms with E-state index in [1.165, 1.54) is 0 Å². The Labute approximate surface area is 75.1 Å². The summed E-state index contributed by atoms with van der Waals surface area (Å²) in [5.74, 6) is 0.210. The first kappa shape index (κ1) is 11.2. The van der Waals surface area contributed by atoms with Crippen LogP contribution in [0.5, 0.6) is 0 Å². The lowest BCUT2D eigenvalue weighted by atomic mass is 9.95. The molecule has 12 heavy (non-hydrogen) atoms. The van der Waals surface area contributed by atoms with Crippen LogP contribution in [0.1, 0.15) is 19.8 Å². The zero-order chi connectivity index (χ0) is 9.56. The van der Waals surface area contributed by atoms with Crippen LogP contribution in [0.2, 0.25) is 0 Å². The van der Waals surface area contributed by atoms with E-state index in [1.54, 1.807) is 6.08 Å². The first-order valence-corrected chi connectivity index (χ1v) is 4.18. The molecule has 0 spiro atoms. The molecule has 1 heteroatoms. The van der Waals surface area contributed by atoms with Crippen LogP contribution in [-0.2, 0) is 0 Å². The van der Waals surface area contributed by atoms with Gasteiger partial charge in [0.25, 0.3) is 0 Å². The molecule has 68 valence electrons. The van der Waals surface area contributed by atoms with Crippen molar-refractivity contribution in [2.75, 3.05) is 6.61 Å². The Morgan fingerprint density at radius 1 is 1.50 bits per heavy atom. The van der Waals surface area contributed by atoms with Crippen molar-refractivity contribution in [3.63, 3.8) is 0 Å². The Morgan fingerprint density at radius 2 is 2.08 bits per heavy atom. The highest BCUT2D eigenvalue weighted by molar-refractivity contribution is 5.11. The van der Waals surface area contributed by atoms with Gasteiger partial charge in [-0.1, -0.05) is 37.0 Å². The normalized spacial score (nSPS) is 12.2. The van der Waals surface area contributed by atoms with E-state index in [2.05, 4.69) is 19.7 Å². The van der Waals surface area contributed by atoms with Crippen LogP contribution < -0.4 is 0 Å². The smallest absolute Gasteiger partial charge is 0.0496 e. The van der Waals surface area contributed by atoms with Crippen LogP contribution in [0, 0.1) is 5.92 Å². The molecule has 0 aromatic carbocycles. The summed E-state index contributed by atoms with van der Waals surface area (Å²) in [6.07, 6.45) is 3.56. The zero-order valence-corrected chi connectivity index (χ0v) is 7.84. The van der Waals surface area contributed by atoms with E-state index in [1.807, 2.05) is 6.92 Å². The standard InChI is InChI=1S/C11H18O/c1-5-10(4)6-7-11(8-12)9(2)3/h5,11-12H,1-2,4,6-8H2,3H3. The number of allylic oxidation sites excluding steroid dienone is 2. The summed E-state index contributed by atoms with van der Waals surface area (Å²) in [4.78, 5) is 0. The molecule has 1 nitrogen and oxygen atoms in total. The molecule has 0 bridgehead atoms. The highest BCUT2D eigenvalue weighted by Gasteiger charge is 2.07. The van der Waals surface area contributed by atoms with Gasteiger partial charge in [0, 0.05) is 12.5 Å². The van der Waals surface area contributed by atoms with E-state index in [4.69, 9.17) is 5.11 Å². The van der Waals surface area contributed by atoms with Gasteiger partial charge >= 0.3 is 0 Å².